The van der Waals surface area contributed by atoms with Crippen LogP contribution in [-0.2, 0) is 75.8 Å². The van der Waals surface area contributed by atoms with Gasteiger partial charge in [-0.1, -0.05) is 12.5 Å². The molecule has 0 aromatic carbocycles. The summed E-state index contributed by atoms with van der Waals surface area (Å²) in [5.74, 6) is 0. The Hall–Kier alpha value is -2.25. The summed E-state index contributed by atoms with van der Waals surface area (Å²) in [6, 6.07) is 0. The van der Waals surface area contributed by atoms with Gasteiger partial charge in [0.25, 0.3) is 0 Å². The van der Waals surface area contributed by atoms with Crippen molar-refractivity contribution in [3.05, 3.63) is 10.4 Å². The van der Waals surface area contributed by atoms with Crippen molar-refractivity contribution in [1.29, 1.82) is 0 Å². The lowest BCUT2D eigenvalue weighted by molar-refractivity contribution is -0.403. The van der Waals surface area contributed by atoms with E-state index in [2.05, 4.69) is 10.0 Å². The summed E-state index contributed by atoms with van der Waals surface area (Å²) in [6.45, 7) is -8.40. The molecule has 23 N–H and O–H groups in total. The molecule has 0 aromatic heterocycles. The van der Waals surface area contributed by atoms with Crippen LogP contribution in [0.4, 0.5) is 0 Å². The van der Waals surface area contributed by atoms with Crippen LogP contribution >= 0.6 is 0 Å². The van der Waals surface area contributed by atoms with Crippen LogP contribution in [0.2, 0.25) is 0 Å². The third-order valence-corrected chi connectivity index (χ3v) is 17.0. The molecule has 42 nitrogen and oxygen atoms in total. The second-order valence-corrected chi connectivity index (χ2v) is 22.7. The molecule has 30 heterocycles. The molecule has 0 saturated carbocycles. The van der Waals surface area contributed by atoms with Crippen LogP contribution in [0.5, 0.6) is 0 Å². The van der Waals surface area contributed by atoms with Crippen molar-refractivity contribution >= 4 is 0 Å². The van der Waals surface area contributed by atoms with Crippen LogP contribution in [0, 0.1) is 0 Å². The van der Waals surface area contributed by atoms with Gasteiger partial charge >= 0.3 is 0 Å². The molecular formula is C49H83N3O39. The lowest BCUT2D eigenvalue weighted by Gasteiger charge is -2.50. The summed E-state index contributed by atoms with van der Waals surface area (Å²) in [6.07, 6.45) is -82.4. The van der Waals surface area contributed by atoms with E-state index < -0.39 is 298 Å². The first-order valence-electron chi connectivity index (χ1n) is 28.5. The highest BCUT2D eigenvalue weighted by Crippen LogP contribution is 2.40. The smallest absolute Gasteiger partial charge is 0.187 e. The van der Waals surface area contributed by atoms with E-state index in [9.17, 15) is 123 Å². The Labute approximate surface area is 513 Å². The van der Waals surface area contributed by atoms with Crippen molar-refractivity contribution in [2.45, 2.75) is 253 Å². The minimum Gasteiger partial charge on any atom is -0.394 e. The van der Waals surface area contributed by atoms with Gasteiger partial charge in [-0.05, 0) is 5.53 Å². The SMILES string of the molecule is C.[N-]=[N+]=NCC1OC2OC3C(CO)OC(OC4C(CO)OC(OC5C(CO)OC(OC6C(CO)OC(OC7C(CO)OC(OC8C(CO)OC(OC9C(CO)OC(OC1C(O)C2O)C(O)C9O)C(O)C8O)C(O)C7O)C(O)C6O)C(O)C5O)C(O)C4O)C(O)C3O. The van der Waals surface area contributed by atoms with Gasteiger partial charge in [0.05, 0.1) is 58.9 Å². The third-order valence-electron chi connectivity index (χ3n) is 17.0. The fourth-order valence-corrected chi connectivity index (χ4v) is 12.0. The topological polar surface area (TPSA) is 662 Å². The fraction of sp³-hybridized carbons (Fsp3) is 1.00. The summed E-state index contributed by atoms with van der Waals surface area (Å²) in [5.41, 5.74) is 9.24. The van der Waals surface area contributed by atoms with Crippen molar-refractivity contribution in [1.82, 2.24) is 0 Å². The molecule has 0 radical (unpaired) electrons. The molecule has 30 aliphatic heterocycles. The highest BCUT2D eigenvalue weighted by molar-refractivity contribution is 5.03. The van der Waals surface area contributed by atoms with E-state index in [0.29, 0.717) is 0 Å². The molecule has 42 heteroatoms. The molecule has 30 saturated heterocycles. The molecule has 528 valence electrons. The van der Waals surface area contributed by atoms with Gasteiger partial charge in [0, 0.05) is 4.91 Å². The van der Waals surface area contributed by atoms with Gasteiger partial charge in [-0.15, -0.1) is 0 Å². The lowest BCUT2D eigenvalue weighted by Crippen LogP contribution is -2.69. The Morgan fingerprint density at radius 2 is 0.352 bits per heavy atom. The van der Waals surface area contributed by atoms with Crippen LogP contribution in [0.3, 0.4) is 0 Å². The highest BCUT2D eigenvalue weighted by Gasteiger charge is 2.60. The van der Waals surface area contributed by atoms with Gasteiger partial charge in [0.2, 0.25) is 0 Å². The minimum absolute atomic E-state index is 0. The summed E-state index contributed by atoms with van der Waals surface area (Å²) in [7, 11) is 0. The second kappa shape index (κ2) is 32.0. The van der Waals surface area contributed by atoms with E-state index in [1.165, 1.54) is 0 Å². The summed E-state index contributed by atoms with van der Waals surface area (Å²) >= 11 is 0. The molecule has 0 aliphatic carbocycles. The zero-order valence-electron chi connectivity index (χ0n) is 46.9. The van der Waals surface area contributed by atoms with Crippen molar-refractivity contribution in [3.8, 4) is 0 Å². The predicted molar refractivity (Wildman–Crippen MR) is 275 cm³/mol. The van der Waals surface area contributed by atoms with E-state index >= 15 is 0 Å². The van der Waals surface area contributed by atoms with Crippen LogP contribution in [0.1, 0.15) is 7.43 Å². The quantitative estimate of drug-likeness (QED) is 0.0579. The Kier molecular flexibility index (Phi) is 26.2. The molecule has 16 bridgehead atoms. The average molecular weight is 1340 g/mol. The number of hydrogen-bond acceptors (Lipinski definition) is 40. The zero-order chi connectivity index (χ0) is 65.5. The molecule has 0 spiro atoms. The monoisotopic (exact) mass is 1340 g/mol. The second-order valence-electron chi connectivity index (χ2n) is 22.7. The normalized spacial score (nSPS) is 53.7. The maximum absolute atomic E-state index is 11.5. The van der Waals surface area contributed by atoms with Crippen molar-refractivity contribution < 1.29 is 193 Å². The predicted octanol–water partition coefficient (Wildman–Crippen LogP) is -15.5. The molecule has 0 aromatic rings. The van der Waals surface area contributed by atoms with Crippen LogP contribution in [-0.4, -0.2) is 416 Å². The number of azide groups is 1. The van der Waals surface area contributed by atoms with Crippen molar-refractivity contribution in [3.63, 3.8) is 0 Å². The van der Waals surface area contributed by atoms with E-state index in [1.54, 1.807) is 0 Å². The number of rotatable bonds is 9. The van der Waals surface area contributed by atoms with E-state index in [1.807, 2.05) is 0 Å². The summed E-state index contributed by atoms with van der Waals surface area (Å²) in [5, 5.41) is 259. The van der Waals surface area contributed by atoms with Crippen molar-refractivity contribution in [2.24, 2.45) is 5.11 Å². The van der Waals surface area contributed by atoms with E-state index in [0.717, 1.165) is 0 Å². The van der Waals surface area contributed by atoms with Gasteiger partial charge < -0.3 is 193 Å². The van der Waals surface area contributed by atoms with Crippen LogP contribution in [0.25, 0.3) is 10.4 Å². The molecular weight excluding hydrogens is 1250 g/mol. The molecule has 40 unspecified atom stereocenters. The number of aliphatic hydroxyl groups is 23. The maximum Gasteiger partial charge on any atom is 0.187 e. The number of nitrogens with zero attached hydrogens (tertiary/aromatic N) is 3. The molecule has 40 atom stereocenters. The number of aliphatic hydroxyl groups excluding tert-OH is 23. The van der Waals surface area contributed by atoms with Crippen molar-refractivity contribution in [2.75, 3.05) is 52.8 Å². The summed E-state index contributed by atoms with van der Waals surface area (Å²) < 4.78 is 91.5. The first-order chi connectivity index (χ1) is 42.9. The highest BCUT2D eigenvalue weighted by atomic mass is 16.8. The maximum atomic E-state index is 11.5. The van der Waals surface area contributed by atoms with Gasteiger partial charge in [-0.25, -0.2) is 0 Å². The Morgan fingerprint density at radius 3 is 0.484 bits per heavy atom. The van der Waals surface area contributed by atoms with E-state index in [4.69, 9.17) is 75.8 Å². The molecule has 0 amide bonds. The lowest BCUT2D eigenvalue weighted by atomic mass is 9.94. The number of ether oxygens (including phenoxy) is 16. The van der Waals surface area contributed by atoms with Crippen LogP contribution < -0.4 is 0 Å². The third kappa shape index (κ3) is 14.9. The fourth-order valence-electron chi connectivity index (χ4n) is 12.0. The van der Waals surface area contributed by atoms with Gasteiger partial charge in [0.15, 0.2) is 50.3 Å². The van der Waals surface area contributed by atoms with Crippen LogP contribution in [0.15, 0.2) is 5.11 Å². The Morgan fingerprint density at radius 1 is 0.220 bits per heavy atom. The average Bonchev–Trinajstić information content (AvgIpc) is 0.809. The van der Waals surface area contributed by atoms with Gasteiger partial charge in [-0.3, -0.25) is 0 Å². The Bertz CT molecular complexity index is 2280. The summed E-state index contributed by atoms with van der Waals surface area (Å²) in [4.78, 5) is 2.64. The first-order valence-corrected chi connectivity index (χ1v) is 28.5. The molecule has 91 heavy (non-hydrogen) atoms. The molecule has 30 rings (SSSR count). The van der Waals surface area contributed by atoms with Gasteiger partial charge in [0.1, 0.15) is 189 Å². The zero-order valence-corrected chi connectivity index (χ0v) is 46.9. The minimum atomic E-state index is -2.27. The standard InChI is InChI=1S/C48H79N3O39.CH4/c49-51-50-1-9-33-17(59)25(67)41(75-9)84-34-10(2-52)77-43(27(69)19(34)61)86-36-12(4-54)79-45(29(71)21(36)63)88-38-14(6-56)81-47(31(73)23(38)65)90-40-16(8-58)82-48(32(74)24(40)66)89-39-15(7-57)80-46(30(72)22(39)64)87-37-13(5-55)78-44(28(70)20(37)62)85-35-11(3-53)76-42(83-33)26(68)18(35)60;/h9-48,52-74H,1-8H2;1H4. The Balaban J connectivity index is 0.0000107. The molecule has 30 aliphatic rings. The largest absolute Gasteiger partial charge is 0.394 e. The molecule has 30 fully saturated rings. The van der Waals surface area contributed by atoms with Gasteiger partial charge in [-0.2, -0.15) is 0 Å². The first kappa shape index (κ1) is 74.5. The van der Waals surface area contributed by atoms with E-state index in [-0.39, 0.29) is 7.43 Å². The number of hydrogen-bond donors (Lipinski definition) is 23.